The average molecular weight is 211 g/mol. The number of hydrogen-bond donors (Lipinski definition) is 1. The van der Waals surface area contributed by atoms with Crippen LogP contribution in [-0.2, 0) is 4.57 Å². The van der Waals surface area contributed by atoms with Gasteiger partial charge in [0.05, 0.1) is 0 Å². The van der Waals surface area contributed by atoms with E-state index in [1.807, 2.05) is 0 Å². The summed E-state index contributed by atoms with van der Waals surface area (Å²) in [7, 11) is 0. The van der Waals surface area contributed by atoms with E-state index in [1.165, 1.54) is 12.1 Å². The molecule has 1 rings (SSSR count). The van der Waals surface area contributed by atoms with Gasteiger partial charge in [-0.25, -0.2) is 8.96 Å². The molecule has 0 aliphatic heterocycles. The molecule has 1 aromatic carbocycles. The van der Waals surface area contributed by atoms with Crippen LogP contribution in [0.25, 0.3) is 0 Å². The Bertz CT molecular complexity index is 307. The molecule has 66 valence electrons. The average Bonchev–Trinajstić information content (AvgIpc) is 1.91. The highest BCUT2D eigenvalue weighted by Gasteiger charge is 2.15. The van der Waals surface area contributed by atoms with Crippen LogP contribution >= 0.6 is 18.2 Å². The van der Waals surface area contributed by atoms with E-state index in [0.29, 0.717) is 0 Å². The van der Waals surface area contributed by atoms with Crippen LogP contribution in [0.5, 0.6) is 5.75 Å². The third-order valence-electron chi connectivity index (χ3n) is 1.03. The maximum absolute atomic E-state index is 12.3. The Labute approximate surface area is 73.1 Å². The lowest BCUT2D eigenvalue weighted by Crippen LogP contribution is -1.85. The molecule has 1 unspecified atom stereocenters. The Morgan fingerprint density at radius 3 is 2.33 bits per heavy atom. The molecule has 0 saturated carbocycles. The van der Waals surface area contributed by atoms with Crippen LogP contribution in [0.4, 0.5) is 4.39 Å². The van der Waals surface area contributed by atoms with E-state index in [9.17, 15) is 8.96 Å². The molecular weight excluding hydrogens is 205 g/mol. The van der Waals surface area contributed by atoms with E-state index in [0.717, 1.165) is 12.1 Å². The van der Waals surface area contributed by atoms with Crippen molar-refractivity contribution in [1.82, 2.24) is 0 Å². The Hall–Kier alpha value is -0.570. The second-order valence-electron chi connectivity index (χ2n) is 2.00. The normalized spacial score (nSPS) is 15.2. The number of rotatable bonds is 2. The first kappa shape index (κ1) is 9.52. The van der Waals surface area contributed by atoms with Crippen molar-refractivity contribution in [2.24, 2.45) is 0 Å². The van der Waals surface area contributed by atoms with Gasteiger partial charge in [0.15, 0.2) is 0 Å². The molecule has 0 radical (unpaired) electrons. The second kappa shape index (κ2) is 3.44. The molecule has 0 aromatic heterocycles. The van der Waals surface area contributed by atoms with Crippen molar-refractivity contribution >= 4 is 18.2 Å². The molecule has 3 nitrogen and oxygen atoms in total. The predicted octanol–water partition coefficient (Wildman–Crippen LogP) is 2.54. The van der Waals surface area contributed by atoms with Crippen molar-refractivity contribution in [2.75, 3.05) is 0 Å². The summed E-state index contributed by atoms with van der Waals surface area (Å²) in [5, 5.41) is 0. The zero-order chi connectivity index (χ0) is 9.19. The lowest BCUT2D eigenvalue weighted by atomic mass is 10.3. The fraction of sp³-hybridized carbons (Fsp3) is 0. The van der Waals surface area contributed by atoms with Crippen LogP contribution in [0, 0.1) is 5.82 Å². The maximum Gasteiger partial charge on any atom is 0.474 e. The molecule has 0 aliphatic rings. The molecule has 0 saturated heterocycles. The SMILES string of the molecule is O=P(O)(Cl)Oc1ccc(F)cc1. The molecule has 0 aliphatic carbocycles. The van der Waals surface area contributed by atoms with Gasteiger partial charge in [-0.1, -0.05) is 0 Å². The minimum absolute atomic E-state index is 0.0530. The molecule has 1 N–H and O–H groups in total. The third kappa shape index (κ3) is 3.22. The van der Waals surface area contributed by atoms with E-state index in [4.69, 9.17) is 16.1 Å². The zero-order valence-corrected chi connectivity index (χ0v) is 7.43. The first-order valence-corrected chi connectivity index (χ1v) is 5.43. The van der Waals surface area contributed by atoms with E-state index in [1.54, 1.807) is 0 Å². The lowest BCUT2D eigenvalue weighted by molar-refractivity contribution is 0.400. The lowest BCUT2D eigenvalue weighted by Gasteiger charge is -2.04. The molecule has 0 amide bonds. The summed E-state index contributed by atoms with van der Waals surface area (Å²) in [5.41, 5.74) is 0. The highest BCUT2D eigenvalue weighted by atomic mass is 35.7. The van der Waals surface area contributed by atoms with Crippen molar-refractivity contribution in [1.29, 1.82) is 0 Å². The minimum Gasteiger partial charge on any atom is -0.413 e. The van der Waals surface area contributed by atoms with Crippen LogP contribution in [-0.4, -0.2) is 4.89 Å². The first-order chi connectivity index (χ1) is 5.47. The van der Waals surface area contributed by atoms with Crippen LogP contribution in [0.2, 0.25) is 0 Å². The molecule has 6 heteroatoms. The Balaban J connectivity index is 2.78. The largest absolute Gasteiger partial charge is 0.474 e. The Morgan fingerprint density at radius 2 is 1.92 bits per heavy atom. The standard InChI is InChI=1S/C6H5ClFO3P/c7-12(9,10)11-6-3-1-5(8)2-4-6/h1-4H,(H,9,10). The monoisotopic (exact) mass is 210 g/mol. The molecule has 0 heterocycles. The van der Waals surface area contributed by atoms with E-state index < -0.39 is 12.8 Å². The molecule has 0 fully saturated rings. The summed E-state index contributed by atoms with van der Waals surface area (Å²) in [4.78, 5) is 8.55. The summed E-state index contributed by atoms with van der Waals surface area (Å²) in [6.45, 7) is -4.05. The summed E-state index contributed by atoms with van der Waals surface area (Å²) in [5.74, 6) is -0.401. The summed E-state index contributed by atoms with van der Waals surface area (Å²) in [6.07, 6.45) is 0. The van der Waals surface area contributed by atoms with Crippen molar-refractivity contribution in [3.8, 4) is 5.75 Å². The molecule has 0 bridgehead atoms. The van der Waals surface area contributed by atoms with E-state index in [-0.39, 0.29) is 5.75 Å². The van der Waals surface area contributed by atoms with Gasteiger partial charge in [-0.3, -0.25) is 0 Å². The molecule has 12 heavy (non-hydrogen) atoms. The molecule has 0 spiro atoms. The molecule has 1 aromatic rings. The van der Waals surface area contributed by atoms with Gasteiger partial charge in [0, 0.05) is 11.2 Å². The van der Waals surface area contributed by atoms with Gasteiger partial charge in [-0.2, -0.15) is 0 Å². The van der Waals surface area contributed by atoms with Gasteiger partial charge in [-0.15, -0.1) is 0 Å². The van der Waals surface area contributed by atoms with Crippen molar-refractivity contribution in [2.45, 2.75) is 0 Å². The maximum atomic E-state index is 12.3. The van der Waals surface area contributed by atoms with Crippen LogP contribution in [0.1, 0.15) is 0 Å². The van der Waals surface area contributed by atoms with Crippen molar-refractivity contribution in [3.63, 3.8) is 0 Å². The van der Waals surface area contributed by atoms with Crippen LogP contribution in [0.15, 0.2) is 24.3 Å². The fourth-order valence-electron chi connectivity index (χ4n) is 0.625. The van der Waals surface area contributed by atoms with Crippen molar-refractivity contribution < 1.29 is 18.4 Å². The van der Waals surface area contributed by atoms with Gasteiger partial charge >= 0.3 is 6.95 Å². The van der Waals surface area contributed by atoms with Gasteiger partial charge in [-0.05, 0) is 24.3 Å². The van der Waals surface area contributed by atoms with E-state index in [2.05, 4.69) is 4.52 Å². The number of hydrogen-bond acceptors (Lipinski definition) is 2. The fourth-order valence-corrected chi connectivity index (χ4v) is 1.25. The minimum atomic E-state index is -4.05. The van der Waals surface area contributed by atoms with Gasteiger partial charge in [0.25, 0.3) is 0 Å². The highest BCUT2D eigenvalue weighted by molar-refractivity contribution is 7.80. The summed E-state index contributed by atoms with van der Waals surface area (Å²) in [6, 6.07) is 4.62. The van der Waals surface area contributed by atoms with Gasteiger partial charge < -0.3 is 9.42 Å². The smallest absolute Gasteiger partial charge is 0.413 e. The predicted molar refractivity (Wildman–Crippen MR) is 42.7 cm³/mol. The van der Waals surface area contributed by atoms with Gasteiger partial charge in [0.1, 0.15) is 11.6 Å². The van der Waals surface area contributed by atoms with Crippen LogP contribution < -0.4 is 4.52 Å². The summed E-state index contributed by atoms with van der Waals surface area (Å²) >= 11 is 4.90. The van der Waals surface area contributed by atoms with Gasteiger partial charge in [0.2, 0.25) is 0 Å². The first-order valence-electron chi connectivity index (χ1n) is 2.95. The third-order valence-corrected chi connectivity index (χ3v) is 1.67. The van der Waals surface area contributed by atoms with Crippen molar-refractivity contribution in [3.05, 3.63) is 30.1 Å². The topological polar surface area (TPSA) is 46.5 Å². The van der Waals surface area contributed by atoms with Crippen LogP contribution in [0.3, 0.4) is 0 Å². The number of benzene rings is 1. The molecule has 1 atom stereocenters. The second-order valence-corrected chi connectivity index (χ2v) is 4.36. The zero-order valence-electron chi connectivity index (χ0n) is 5.78. The summed E-state index contributed by atoms with van der Waals surface area (Å²) < 4.78 is 27.1. The van der Waals surface area contributed by atoms with E-state index >= 15 is 0 Å². The quantitative estimate of drug-likeness (QED) is 0.763. The Kier molecular flexibility index (Phi) is 2.73. The Morgan fingerprint density at radius 1 is 1.42 bits per heavy atom. The molecular formula is C6H5ClFO3P. The number of halogens is 2. The highest BCUT2D eigenvalue weighted by Crippen LogP contribution is 2.47.